The average molecular weight is 216 g/mol. The van der Waals surface area contributed by atoms with Crippen LogP contribution in [0.2, 0.25) is 0 Å². The first-order valence-corrected chi connectivity index (χ1v) is 5.69. The Kier molecular flexibility index (Phi) is 9.52. The Labute approximate surface area is 92.8 Å². The van der Waals surface area contributed by atoms with E-state index in [-0.39, 0.29) is 5.91 Å². The van der Waals surface area contributed by atoms with E-state index in [0.29, 0.717) is 19.0 Å². The molecular formula is C11H24N2O2. The highest BCUT2D eigenvalue weighted by molar-refractivity contribution is 5.75. The SMILES string of the molecule is CCN[C@H](C)CNC(=O)CCCCOC. The van der Waals surface area contributed by atoms with Gasteiger partial charge in [-0.2, -0.15) is 0 Å². The van der Waals surface area contributed by atoms with E-state index in [0.717, 1.165) is 26.0 Å². The van der Waals surface area contributed by atoms with Gasteiger partial charge in [-0.15, -0.1) is 0 Å². The molecule has 0 aliphatic carbocycles. The average Bonchev–Trinajstić information content (AvgIpc) is 2.22. The summed E-state index contributed by atoms with van der Waals surface area (Å²) in [5.41, 5.74) is 0. The Hall–Kier alpha value is -0.610. The molecule has 0 aliphatic heterocycles. The maximum Gasteiger partial charge on any atom is 0.220 e. The van der Waals surface area contributed by atoms with Crippen LogP contribution in [-0.4, -0.2) is 38.8 Å². The Morgan fingerprint density at radius 1 is 1.40 bits per heavy atom. The topological polar surface area (TPSA) is 50.4 Å². The zero-order valence-corrected chi connectivity index (χ0v) is 10.1. The molecule has 0 bridgehead atoms. The summed E-state index contributed by atoms with van der Waals surface area (Å²) in [5.74, 6) is 0.135. The van der Waals surface area contributed by atoms with Crippen molar-refractivity contribution in [3.63, 3.8) is 0 Å². The number of rotatable bonds is 9. The largest absolute Gasteiger partial charge is 0.385 e. The van der Waals surface area contributed by atoms with Crippen LogP contribution in [0.25, 0.3) is 0 Å². The monoisotopic (exact) mass is 216 g/mol. The van der Waals surface area contributed by atoms with Gasteiger partial charge in [0.25, 0.3) is 0 Å². The van der Waals surface area contributed by atoms with Gasteiger partial charge in [0.2, 0.25) is 5.91 Å². The van der Waals surface area contributed by atoms with Crippen molar-refractivity contribution in [2.45, 2.75) is 39.2 Å². The van der Waals surface area contributed by atoms with E-state index in [1.54, 1.807) is 7.11 Å². The Balaban J connectivity index is 3.32. The summed E-state index contributed by atoms with van der Waals surface area (Å²) in [5, 5.41) is 6.14. The van der Waals surface area contributed by atoms with Crippen LogP contribution >= 0.6 is 0 Å². The lowest BCUT2D eigenvalue weighted by Crippen LogP contribution is -2.38. The van der Waals surface area contributed by atoms with Gasteiger partial charge in [-0.3, -0.25) is 4.79 Å². The van der Waals surface area contributed by atoms with Crippen molar-refractivity contribution in [3.05, 3.63) is 0 Å². The second-order valence-electron chi connectivity index (χ2n) is 3.71. The maximum atomic E-state index is 11.3. The molecule has 0 fully saturated rings. The van der Waals surface area contributed by atoms with Crippen molar-refractivity contribution in [1.29, 1.82) is 0 Å². The molecule has 0 radical (unpaired) electrons. The van der Waals surface area contributed by atoms with Gasteiger partial charge in [-0.25, -0.2) is 0 Å². The number of nitrogens with one attached hydrogen (secondary N) is 2. The van der Waals surface area contributed by atoms with Crippen LogP contribution in [0.5, 0.6) is 0 Å². The van der Waals surface area contributed by atoms with Crippen LogP contribution < -0.4 is 10.6 Å². The molecule has 0 aromatic heterocycles. The van der Waals surface area contributed by atoms with Gasteiger partial charge in [0, 0.05) is 32.7 Å². The standard InChI is InChI=1S/C11H24N2O2/c1-4-12-10(2)9-13-11(14)7-5-6-8-15-3/h10,12H,4-9H2,1-3H3,(H,13,14)/t10-/m1/s1. The minimum Gasteiger partial charge on any atom is -0.385 e. The fourth-order valence-corrected chi connectivity index (χ4v) is 1.31. The number of hydrogen-bond donors (Lipinski definition) is 2. The van der Waals surface area contributed by atoms with Crippen LogP contribution in [0.1, 0.15) is 33.1 Å². The smallest absolute Gasteiger partial charge is 0.220 e. The summed E-state index contributed by atoms with van der Waals surface area (Å²) >= 11 is 0. The second-order valence-corrected chi connectivity index (χ2v) is 3.71. The summed E-state index contributed by atoms with van der Waals surface area (Å²) in [6.45, 7) is 6.50. The summed E-state index contributed by atoms with van der Waals surface area (Å²) < 4.78 is 4.91. The van der Waals surface area contributed by atoms with Gasteiger partial charge < -0.3 is 15.4 Å². The number of likely N-dealkylation sites (N-methyl/N-ethyl adjacent to an activating group) is 1. The van der Waals surface area contributed by atoms with Crippen LogP contribution in [0, 0.1) is 0 Å². The van der Waals surface area contributed by atoms with Crippen molar-refractivity contribution in [2.24, 2.45) is 0 Å². The molecule has 90 valence electrons. The third-order valence-corrected chi connectivity index (χ3v) is 2.16. The van der Waals surface area contributed by atoms with Gasteiger partial charge in [-0.1, -0.05) is 6.92 Å². The molecule has 0 unspecified atom stereocenters. The fraction of sp³-hybridized carbons (Fsp3) is 0.909. The minimum absolute atomic E-state index is 0.135. The van der Waals surface area contributed by atoms with Crippen molar-refractivity contribution in [2.75, 3.05) is 26.8 Å². The molecule has 0 aromatic rings. The van der Waals surface area contributed by atoms with Gasteiger partial charge >= 0.3 is 0 Å². The second kappa shape index (κ2) is 9.93. The molecular weight excluding hydrogens is 192 g/mol. The molecule has 4 nitrogen and oxygen atoms in total. The number of unbranched alkanes of at least 4 members (excludes halogenated alkanes) is 1. The highest BCUT2D eigenvalue weighted by Gasteiger charge is 2.03. The van der Waals surface area contributed by atoms with Crippen molar-refractivity contribution < 1.29 is 9.53 Å². The lowest BCUT2D eigenvalue weighted by atomic mass is 10.2. The molecule has 0 saturated carbocycles. The summed E-state index contributed by atoms with van der Waals surface area (Å²) in [6, 6.07) is 0.345. The molecule has 4 heteroatoms. The van der Waals surface area contributed by atoms with Crippen LogP contribution in [0.4, 0.5) is 0 Å². The summed E-state index contributed by atoms with van der Waals surface area (Å²) in [4.78, 5) is 11.3. The summed E-state index contributed by atoms with van der Waals surface area (Å²) in [6.07, 6.45) is 2.45. The predicted octanol–water partition coefficient (Wildman–Crippen LogP) is 0.917. The first kappa shape index (κ1) is 14.4. The highest BCUT2D eigenvalue weighted by atomic mass is 16.5. The molecule has 0 spiro atoms. The van der Waals surface area contributed by atoms with Crippen LogP contribution in [-0.2, 0) is 9.53 Å². The van der Waals surface area contributed by atoms with Crippen LogP contribution in [0.15, 0.2) is 0 Å². The van der Waals surface area contributed by atoms with E-state index >= 15 is 0 Å². The molecule has 0 aromatic carbocycles. The number of amides is 1. The fourth-order valence-electron chi connectivity index (χ4n) is 1.31. The van der Waals surface area contributed by atoms with Crippen molar-refractivity contribution >= 4 is 5.91 Å². The minimum atomic E-state index is 0.135. The lowest BCUT2D eigenvalue weighted by molar-refractivity contribution is -0.121. The molecule has 1 atom stereocenters. The van der Waals surface area contributed by atoms with E-state index < -0.39 is 0 Å². The molecule has 0 rings (SSSR count). The number of carbonyl (C=O) groups excluding carboxylic acids is 1. The summed E-state index contributed by atoms with van der Waals surface area (Å²) in [7, 11) is 1.68. The van der Waals surface area contributed by atoms with E-state index in [9.17, 15) is 4.79 Å². The third-order valence-electron chi connectivity index (χ3n) is 2.16. The van der Waals surface area contributed by atoms with Crippen molar-refractivity contribution in [1.82, 2.24) is 10.6 Å². The van der Waals surface area contributed by atoms with E-state index in [1.165, 1.54) is 0 Å². The van der Waals surface area contributed by atoms with Gasteiger partial charge in [0.1, 0.15) is 0 Å². The van der Waals surface area contributed by atoms with E-state index in [1.807, 2.05) is 0 Å². The Bertz CT molecular complexity index is 163. The van der Waals surface area contributed by atoms with Gasteiger partial charge in [-0.05, 0) is 26.3 Å². The molecule has 0 heterocycles. The normalized spacial score (nSPS) is 12.5. The zero-order chi connectivity index (χ0) is 11.5. The molecule has 1 amide bonds. The number of carbonyl (C=O) groups is 1. The molecule has 15 heavy (non-hydrogen) atoms. The van der Waals surface area contributed by atoms with Crippen LogP contribution in [0.3, 0.4) is 0 Å². The Morgan fingerprint density at radius 3 is 2.73 bits per heavy atom. The third kappa shape index (κ3) is 9.69. The Morgan fingerprint density at radius 2 is 2.13 bits per heavy atom. The van der Waals surface area contributed by atoms with Crippen molar-refractivity contribution in [3.8, 4) is 0 Å². The first-order chi connectivity index (χ1) is 7.20. The lowest BCUT2D eigenvalue weighted by Gasteiger charge is -2.13. The van der Waals surface area contributed by atoms with Gasteiger partial charge in [0.05, 0.1) is 0 Å². The van der Waals surface area contributed by atoms with E-state index in [2.05, 4.69) is 24.5 Å². The number of methoxy groups -OCH3 is 1. The molecule has 0 saturated heterocycles. The number of ether oxygens (including phenoxy) is 1. The maximum absolute atomic E-state index is 11.3. The van der Waals surface area contributed by atoms with Gasteiger partial charge in [0.15, 0.2) is 0 Å². The highest BCUT2D eigenvalue weighted by Crippen LogP contribution is 1.95. The molecule has 2 N–H and O–H groups in total. The first-order valence-electron chi connectivity index (χ1n) is 5.69. The zero-order valence-electron chi connectivity index (χ0n) is 10.1. The number of hydrogen-bond acceptors (Lipinski definition) is 3. The quantitative estimate of drug-likeness (QED) is 0.563. The molecule has 0 aliphatic rings. The van der Waals surface area contributed by atoms with E-state index in [4.69, 9.17) is 4.74 Å². The predicted molar refractivity (Wildman–Crippen MR) is 61.9 cm³/mol.